The van der Waals surface area contributed by atoms with Gasteiger partial charge in [-0.15, -0.1) is 0 Å². The molecule has 0 radical (unpaired) electrons. The number of hydrogen-bond acceptors (Lipinski definition) is 5. The summed E-state index contributed by atoms with van der Waals surface area (Å²) in [5.74, 6) is 0.763. The summed E-state index contributed by atoms with van der Waals surface area (Å²) in [6.45, 7) is 2.90. The zero-order chi connectivity index (χ0) is 15.5. The van der Waals surface area contributed by atoms with E-state index in [0.29, 0.717) is 24.8 Å². The first-order valence-corrected chi connectivity index (χ1v) is 7.88. The number of aromatic nitrogens is 2. The van der Waals surface area contributed by atoms with Gasteiger partial charge >= 0.3 is 0 Å². The molecule has 116 valence electrons. The molecular weight excluding hydrogens is 375 g/mol. The third-order valence-electron chi connectivity index (χ3n) is 3.21. The molecule has 0 saturated carbocycles. The molecular formula is C14H13BrClFN4O. The average molecular weight is 388 g/mol. The van der Waals surface area contributed by atoms with E-state index >= 15 is 0 Å². The van der Waals surface area contributed by atoms with Crippen molar-refractivity contribution in [3.8, 4) is 0 Å². The van der Waals surface area contributed by atoms with Gasteiger partial charge in [-0.25, -0.2) is 9.37 Å². The van der Waals surface area contributed by atoms with Gasteiger partial charge in [-0.2, -0.15) is 4.98 Å². The Kier molecular flexibility index (Phi) is 4.75. The van der Waals surface area contributed by atoms with Crippen LogP contribution in [0, 0.1) is 5.82 Å². The maximum absolute atomic E-state index is 13.2. The van der Waals surface area contributed by atoms with Gasteiger partial charge in [-0.1, -0.05) is 11.6 Å². The molecule has 2 heterocycles. The van der Waals surface area contributed by atoms with Crippen molar-refractivity contribution in [2.75, 3.05) is 36.5 Å². The van der Waals surface area contributed by atoms with Crippen LogP contribution in [0.25, 0.3) is 0 Å². The van der Waals surface area contributed by atoms with Crippen molar-refractivity contribution in [2.45, 2.75) is 0 Å². The van der Waals surface area contributed by atoms with Gasteiger partial charge in [0, 0.05) is 25.0 Å². The summed E-state index contributed by atoms with van der Waals surface area (Å²) >= 11 is 9.24. The lowest BCUT2D eigenvalue weighted by molar-refractivity contribution is 0.122. The van der Waals surface area contributed by atoms with Crippen LogP contribution in [-0.4, -0.2) is 36.3 Å². The van der Waals surface area contributed by atoms with Crippen LogP contribution in [0.5, 0.6) is 0 Å². The summed E-state index contributed by atoms with van der Waals surface area (Å²) < 4.78 is 19.3. The van der Waals surface area contributed by atoms with Gasteiger partial charge in [0.15, 0.2) is 0 Å². The molecule has 2 aromatic rings. The molecule has 0 aliphatic carbocycles. The van der Waals surface area contributed by atoms with Crippen molar-refractivity contribution >= 4 is 45.0 Å². The molecule has 0 amide bonds. The first-order valence-electron chi connectivity index (χ1n) is 6.71. The SMILES string of the molecule is Fc1ccc(Nc2ncc(Br)c(N3CCOCC3)n2)cc1Cl. The molecule has 1 aromatic heterocycles. The van der Waals surface area contributed by atoms with Crippen molar-refractivity contribution in [2.24, 2.45) is 0 Å². The summed E-state index contributed by atoms with van der Waals surface area (Å²) in [4.78, 5) is 10.8. The molecule has 1 aliphatic heterocycles. The predicted octanol–water partition coefficient (Wildman–Crippen LogP) is 3.61. The van der Waals surface area contributed by atoms with E-state index in [4.69, 9.17) is 16.3 Å². The highest BCUT2D eigenvalue weighted by Gasteiger charge is 2.16. The topological polar surface area (TPSA) is 50.3 Å². The third-order valence-corrected chi connectivity index (χ3v) is 4.06. The van der Waals surface area contributed by atoms with Gasteiger partial charge in [0.1, 0.15) is 11.6 Å². The second-order valence-corrected chi connectivity index (χ2v) is 5.98. The smallest absolute Gasteiger partial charge is 0.229 e. The largest absolute Gasteiger partial charge is 0.378 e. The number of anilines is 3. The molecule has 1 aliphatic rings. The van der Waals surface area contributed by atoms with Crippen molar-refractivity contribution in [1.29, 1.82) is 0 Å². The van der Waals surface area contributed by atoms with Crippen molar-refractivity contribution in [3.63, 3.8) is 0 Å². The molecule has 0 atom stereocenters. The van der Waals surface area contributed by atoms with E-state index in [1.54, 1.807) is 12.3 Å². The molecule has 1 N–H and O–H groups in total. The number of halogens is 3. The Morgan fingerprint density at radius 3 is 2.82 bits per heavy atom. The predicted molar refractivity (Wildman–Crippen MR) is 87.5 cm³/mol. The molecule has 22 heavy (non-hydrogen) atoms. The first kappa shape index (κ1) is 15.5. The lowest BCUT2D eigenvalue weighted by Crippen LogP contribution is -2.37. The number of nitrogens with one attached hydrogen (secondary N) is 1. The summed E-state index contributed by atoms with van der Waals surface area (Å²) in [7, 11) is 0. The van der Waals surface area contributed by atoms with Crippen molar-refractivity contribution < 1.29 is 9.13 Å². The highest BCUT2D eigenvalue weighted by molar-refractivity contribution is 9.10. The third kappa shape index (κ3) is 3.48. The van der Waals surface area contributed by atoms with E-state index < -0.39 is 5.82 Å². The van der Waals surface area contributed by atoms with Crippen LogP contribution >= 0.6 is 27.5 Å². The molecule has 3 rings (SSSR count). The summed E-state index contributed by atoms with van der Waals surface area (Å²) in [6.07, 6.45) is 1.69. The van der Waals surface area contributed by atoms with Crippen molar-refractivity contribution in [1.82, 2.24) is 9.97 Å². The highest BCUT2D eigenvalue weighted by Crippen LogP contribution is 2.27. The second kappa shape index (κ2) is 6.76. The van der Waals surface area contributed by atoms with Crippen molar-refractivity contribution in [3.05, 3.63) is 39.7 Å². The fraction of sp³-hybridized carbons (Fsp3) is 0.286. The molecule has 5 nitrogen and oxygen atoms in total. The van der Waals surface area contributed by atoms with Crippen LogP contribution in [0.1, 0.15) is 0 Å². The molecule has 0 bridgehead atoms. The maximum atomic E-state index is 13.2. The summed E-state index contributed by atoms with van der Waals surface area (Å²) in [5, 5.41) is 3.08. The normalized spacial score (nSPS) is 15.0. The van der Waals surface area contributed by atoms with E-state index in [-0.39, 0.29) is 5.02 Å². The number of ether oxygens (including phenoxy) is 1. The second-order valence-electron chi connectivity index (χ2n) is 4.72. The van der Waals surface area contributed by atoms with Crippen LogP contribution in [-0.2, 0) is 4.74 Å². The van der Waals surface area contributed by atoms with Crippen LogP contribution in [0.15, 0.2) is 28.9 Å². The fourth-order valence-electron chi connectivity index (χ4n) is 2.12. The molecule has 1 saturated heterocycles. The Bertz CT molecular complexity index is 682. The Hall–Kier alpha value is -1.44. The molecule has 8 heteroatoms. The van der Waals surface area contributed by atoms with E-state index in [1.807, 2.05) is 0 Å². The van der Waals surface area contributed by atoms with Crippen LogP contribution in [0.3, 0.4) is 0 Å². The zero-order valence-electron chi connectivity index (χ0n) is 11.5. The van der Waals surface area contributed by atoms with Gasteiger partial charge in [-0.3, -0.25) is 0 Å². The first-order chi connectivity index (χ1) is 10.6. The van der Waals surface area contributed by atoms with E-state index in [1.165, 1.54) is 12.1 Å². The minimum atomic E-state index is -0.460. The van der Waals surface area contributed by atoms with Gasteiger partial charge in [-0.05, 0) is 34.1 Å². The number of benzene rings is 1. The van der Waals surface area contributed by atoms with E-state index in [2.05, 4.69) is 36.1 Å². The average Bonchev–Trinajstić information content (AvgIpc) is 2.54. The van der Waals surface area contributed by atoms with Gasteiger partial charge in [0.05, 0.1) is 22.7 Å². The lowest BCUT2D eigenvalue weighted by Gasteiger charge is -2.28. The standard InChI is InChI=1S/C14H13BrClFN4O/c15-10-8-18-14(19-9-1-2-12(17)11(16)7-9)20-13(10)21-3-5-22-6-4-21/h1-2,7-8H,3-6H2,(H,18,19,20). The zero-order valence-corrected chi connectivity index (χ0v) is 13.9. The number of morpholine rings is 1. The lowest BCUT2D eigenvalue weighted by atomic mass is 10.3. The monoisotopic (exact) mass is 386 g/mol. The van der Waals surface area contributed by atoms with E-state index in [9.17, 15) is 4.39 Å². The Morgan fingerprint density at radius 1 is 1.32 bits per heavy atom. The number of rotatable bonds is 3. The summed E-state index contributed by atoms with van der Waals surface area (Å²) in [6, 6.07) is 4.38. The van der Waals surface area contributed by atoms with Gasteiger partial charge in [0.25, 0.3) is 0 Å². The molecule has 0 spiro atoms. The van der Waals surface area contributed by atoms with Crippen LogP contribution in [0.2, 0.25) is 5.02 Å². The summed E-state index contributed by atoms with van der Waals surface area (Å²) in [5.41, 5.74) is 0.627. The fourth-order valence-corrected chi connectivity index (χ4v) is 2.74. The Balaban J connectivity index is 1.83. The molecule has 1 aromatic carbocycles. The highest BCUT2D eigenvalue weighted by atomic mass is 79.9. The van der Waals surface area contributed by atoms with E-state index in [0.717, 1.165) is 23.4 Å². The minimum Gasteiger partial charge on any atom is -0.378 e. The maximum Gasteiger partial charge on any atom is 0.229 e. The Labute approximate surface area is 140 Å². The van der Waals surface area contributed by atoms with Gasteiger partial charge < -0.3 is 15.0 Å². The van der Waals surface area contributed by atoms with Crippen LogP contribution < -0.4 is 10.2 Å². The number of hydrogen-bond donors (Lipinski definition) is 1. The minimum absolute atomic E-state index is 0.0514. The van der Waals surface area contributed by atoms with Gasteiger partial charge in [0.2, 0.25) is 5.95 Å². The molecule has 0 unspecified atom stereocenters. The Morgan fingerprint density at radius 2 is 2.09 bits per heavy atom. The number of nitrogens with zero attached hydrogens (tertiary/aromatic N) is 3. The van der Waals surface area contributed by atoms with Crippen LogP contribution in [0.4, 0.5) is 21.8 Å². The quantitative estimate of drug-likeness (QED) is 0.872. The molecule has 1 fully saturated rings.